The van der Waals surface area contributed by atoms with Gasteiger partial charge in [-0.3, -0.25) is 9.78 Å². The van der Waals surface area contributed by atoms with Crippen LogP contribution in [0.3, 0.4) is 0 Å². The SMILES string of the molecule is CCOC(=O)c1cnc2cc(C(F)(F)F)ccc2c1Nc1ccc(Cl)cc1C(=O)c1ccccc1. The van der Waals surface area contributed by atoms with Crippen molar-refractivity contribution in [2.75, 3.05) is 11.9 Å². The van der Waals surface area contributed by atoms with E-state index in [4.69, 9.17) is 16.3 Å². The molecule has 0 unspecified atom stereocenters. The van der Waals surface area contributed by atoms with Crippen LogP contribution >= 0.6 is 11.6 Å². The highest BCUT2D eigenvalue weighted by Gasteiger charge is 2.31. The number of anilines is 2. The van der Waals surface area contributed by atoms with Crippen LogP contribution in [0.15, 0.2) is 72.9 Å². The van der Waals surface area contributed by atoms with E-state index < -0.39 is 17.7 Å². The third-order valence-corrected chi connectivity index (χ3v) is 5.45. The highest BCUT2D eigenvalue weighted by Crippen LogP contribution is 2.36. The minimum atomic E-state index is -4.56. The summed E-state index contributed by atoms with van der Waals surface area (Å²) in [5.41, 5.74) is 0.243. The van der Waals surface area contributed by atoms with Gasteiger partial charge in [-0.2, -0.15) is 13.2 Å². The van der Waals surface area contributed by atoms with Gasteiger partial charge >= 0.3 is 12.1 Å². The van der Waals surface area contributed by atoms with Crippen molar-refractivity contribution >= 4 is 45.6 Å². The van der Waals surface area contributed by atoms with Crippen molar-refractivity contribution in [3.8, 4) is 0 Å². The van der Waals surface area contributed by atoms with Crippen LogP contribution in [0.25, 0.3) is 10.9 Å². The van der Waals surface area contributed by atoms with Gasteiger partial charge in [-0.05, 0) is 37.3 Å². The fraction of sp³-hybridized carbons (Fsp3) is 0.115. The van der Waals surface area contributed by atoms with E-state index in [1.54, 1.807) is 49.4 Å². The number of ether oxygens (including phenoxy) is 1. The Hall–Kier alpha value is -3.91. The summed E-state index contributed by atoms with van der Waals surface area (Å²) in [5, 5.41) is 3.62. The molecule has 0 bridgehead atoms. The Morgan fingerprint density at radius 3 is 2.43 bits per heavy atom. The molecule has 9 heteroatoms. The lowest BCUT2D eigenvalue weighted by Crippen LogP contribution is -2.12. The first-order chi connectivity index (χ1) is 16.7. The van der Waals surface area contributed by atoms with Crippen molar-refractivity contribution < 1.29 is 27.5 Å². The predicted octanol–water partition coefficient (Wildman–Crippen LogP) is 7.06. The summed E-state index contributed by atoms with van der Waals surface area (Å²) in [6.45, 7) is 1.72. The largest absolute Gasteiger partial charge is 0.462 e. The van der Waals surface area contributed by atoms with E-state index in [1.807, 2.05) is 0 Å². The molecule has 1 N–H and O–H groups in total. The zero-order valence-corrected chi connectivity index (χ0v) is 19.1. The molecular weight excluding hydrogens is 481 g/mol. The third-order valence-electron chi connectivity index (χ3n) is 5.21. The Labute approximate surface area is 203 Å². The van der Waals surface area contributed by atoms with Crippen LogP contribution in [-0.4, -0.2) is 23.3 Å². The normalized spacial score (nSPS) is 11.3. The van der Waals surface area contributed by atoms with Gasteiger partial charge in [0.15, 0.2) is 5.78 Å². The van der Waals surface area contributed by atoms with Crippen molar-refractivity contribution in [3.05, 3.63) is 100 Å². The van der Waals surface area contributed by atoms with Gasteiger partial charge in [0.1, 0.15) is 5.56 Å². The second-order valence-electron chi connectivity index (χ2n) is 7.51. The second-order valence-corrected chi connectivity index (χ2v) is 7.94. The fourth-order valence-electron chi connectivity index (χ4n) is 3.56. The first-order valence-corrected chi connectivity index (χ1v) is 10.9. The molecule has 0 amide bonds. The van der Waals surface area contributed by atoms with E-state index in [0.29, 0.717) is 16.3 Å². The maximum absolute atomic E-state index is 13.2. The molecule has 178 valence electrons. The summed E-state index contributed by atoms with van der Waals surface area (Å²) in [4.78, 5) is 29.9. The maximum atomic E-state index is 13.2. The number of halogens is 4. The number of alkyl halides is 3. The van der Waals surface area contributed by atoms with Gasteiger partial charge in [0.05, 0.1) is 23.4 Å². The first-order valence-electron chi connectivity index (χ1n) is 10.5. The van der Waals surface area contributed by atoms with Gasteiger partial charge in [-0.15, -0.1) is 0 Å². The Bertz CT molecular complexity index is 1420. The molecule has 0 aliphatic heterocycles. The van der Waals surface area contributed by atoms with Crippen LogP contribution in [0.4, 0.5) is 24.5 Å². The minimum Gasteiger partial charge on any atom is -0.462 e. The summed E-state index contributed by atoms with van der Waals surface area (Å²) >= 11 is 6.16. The Kier molecular flexibility index (Phi) is 6.75. The molecule has 4 rings (SSSR count). The van der Waals surface area contributed by atoms with Crippen molar-refractivity contribution in [3.63, 3.8) is 0 Å². The number of hydrogen-bond donors (Lipinski definition) is 1. The minimum absolute atomic E-state index is 0.00664. The lowest BCUT2D eigenvalue weighted by molar-refractivity contribution is -0.137. The van der Waals surface area contributed by atoms with Crippen molar-refractivity contribution in [2.45, 2.75) is 13.1 Å². The maximum Gasteiger partial charge on any atom is 0.416 e. The number of rotatable bonds is 6. The van der Waals surface area contributed by atoms with E-state index >= 15 is 0 Å². The predicted molar refractivity (Wildman–Crippen MR) is 127 cm³/mol. The van der Waals surface area contributed by atoms with Gasteiger partial charge in [0.2, 0.25) is 0 Å². The third kappa shape index (κ3) is 5.12. The zero-order valence-electron chi connectivity index (χ0n) is 18.3. The molecule has 4 aromatic rings. The van der Waals surface area contributed by atoms with E-state index in [-0.39, 0.29) is 40.1 Å². The van der Waals surface area contributed by atoms with E-state index in [1.165, 1.54) is 12.1 Å². The molecule has 0 spiro atoms. The molecule has 0 aliphatic rings. The average Bonchev–Trinajstić information content (AvgIpc) is 2.84. The summed E-state index contributed by atoms with van der Waals surface area (Å²) in [7, 11) is 0. The summed E-state index contributed by atoms with van der Waals surface area (Å²) < 4.78 is 44.8. The van der Waals surface area contributed by atoms with Gasteiger partial charge < -0.3 is 10.1 Å². The van der Waals surface area contributed by atoms with Crippen molar-refractivity contribution in [2.24, 2.45) is 0 Å². The second kappa shape index (κ2) is 9.76. The number of benzene rings is 3. The standard InChI is InChI=1S/C26H18ClF3N2O3/c1-2-35-25(34)20-14-31-22-12-16(26(28,29)30)8-10-18(22)23(20)32-21-11-9-17(27)13-19(21)24(33)15-6-4-3-5-7-15/h3-14H,2H2,1H3,(H,31,32). The van der Waals surface area contributed by atoms with Crippen LogP contribution in [0.1, 0.15) is 38.8 Å². The number of nitrogens with one attached hydrogen (secondary N) is 1. The molecule has 3 aromatic carbocycles. The van der Waals surface area contributed by atoms with E-state index in [2.05, 4.69) is 10.3 Å². The molecule has 1 heterocycles. The molecule has 0 fully saturated rings. The average molecular weight is 499 g/mol. The zero-order chi connectivity index (χ0) is 25.2. The smallest absolute Gasteiger partial charge is 0.416 e. The summed E-state index contributed by atoms with van der Waals surface area (Å²) in [6.07, 6.45) is -3.41. The lowest BCUT2D eigenvalue weighted by atomic mass is 10.0. The number of carbonyl (C=O) groups excluding carboxylic acids is 2. The summed E-state index contributed by atoms with van der Waals surface area (Å²) in [6, 6.07) is 16.1. The Morgan fingerprint density at radius 1 is 1.00 bits per heavy atom. The molecular formula is C26H18ClF3N2O3. The molecule has 0 saturated heterocycles. The number of nitrogens with zero attached hydrogens (tertiary/aromatic N) is 1. The van der Waals surface area contributed by atoms with Crippen LogP contribution in [0.5, 0.6) is 0 Å². The monoisotopic (exact) mass is 498 g/mol. The van der Waals surface area contributed by atoms with Gasteiger partial charge in [-0.25, -0.2) is 4.79 Å². The first kappa shape index (κ1) is 24.2. The van der Waals surface area contributed by atoms with Gasteiger partial charge in [-0.1, -0.05) is 48.0 Å². The van der Waals surface area contributed by atoms with Gasteiger partial charge in [0.25, 0.3) is 0 Å². The van der Waals surface area contributed by atoms with Crippen LogP contribution in [-0.2, 0) is 10.9 Å². The molecule has 1 aromatic heterocycles. The highest BCUT2D eigenvalue weighted by atomic mass is 35.5. The number of carbonyl (C=O) groups is 2. The Morgan fingerprint density at radius 2 is 1.74 bits per heavy atom. The highest BCUT2D eigenvalue weighted by molar-refractivity contribution is 6.31. The fourth-order valence-corrected chi connectivity index (χ4v) is 3.73. The van der Waals surface area contributed by atoms with Gasteiger partial charge in [0, 0.05) is 33.4 Å². The number of ketones is 1. The molecule has 0 saturated carbocycles. The quantitative estimate of drug-likeness (QED) is 0.228. The Balaban J connectivity index is 1.88. The molecule has 35 heavy (non-hydrogen) atoms. The number of hydrogen-bond acceptors (Lipinski definition) is 5. The molecule has 0 atom stereocenters. The molecule has 0 radical (unpaired) electrons. The van der Waals surface area contributed by atoms with Crippen molar-refractivity contribution in [1.29, 1.82) is 0 Å². The molecule has 0 aliphatic carbocycles. The lowest BCUT2D eigenvalue weighted by Gasteiger charge is -2.17. The number of aromatic nitrogens is 1. The van der Waals surface area contributed by atoms with Crippen LogP contribution in [0, 0.1) is 0 Å². The van der Waals surface area contributed by atoms with Crippen molar-refractivity contribution in [1.82, 2.24) is 4.98 Å². The summed E-state index contributed by atoms with van der Waals surface area (Å²) in [5.74, 6) is -1.04. The van der Waals surface area contributed by atoms with Crippen LogP contribution < -0.4 is 5.32 Å². The van der Waals surface area contributed by atoms with Crippen LogP contribution in [0.2, 0.25) is 5.02 Å². The van der Waals surface area contributed by atoms with E-state index in [9.17, 15) is 22.8 Å². The molecule has 5 nitrogen and oxygen atoms in total. The number of fused-ring (bicyclic) bond motifs is 1. The number of pyridine rings is 1. The topological polar surface area (TPSA) is 68.3 Å². The van der Waals surface area contributed by atoms with E-state index in [0.717, 1.165) is 18.3 Å². The number of esters is 1.